The van der Waals surface area contributed by atoms with E-state index in [1.165, 1.54) is 0 Å². The predicted octanol–water partition coefficient (Wildman–Crippen LogP) is 1.53. The van der Waals surface area contributed by atoms with Crippen molar-refractivity contribution in [3.63, 3.8) is 0 Å². The van der Waals surface area contributed by atoms with Gasteiger partial charge in [-0.2, -0.15) is 0 Å². The first-order valence-corrected chi connectivity index (χ1v) is 6.96. The molecule has 114 valence electrons. The normalized spacial score (nSPS) is 15.1. The number of amides is 1. The zero-order valence-electron chi connectivity index (χ0n) is 13.3. The fourth-order valence-electron chi connectivity index (χ4n) is 1.38. The zero-order valence-corrected chi connectivity index (χ0v) is 13.3. The van der Waals surface area contributed by atoms with E-state index in [4.69, 9.17) is 9.47 Å². The third kappa shape index (κ3) is 6.89. The first-order chi connectivity index (χ1) is 8.77. The Balaban J connectivity index is 4.24. The highest BCUT2D eigenvalue weighted by molar-refractivity contribution is 5.75. The fourth-order valence-corrected chi connectivity index (χ4v) is 1.38. The minimum absolute atomic E-state index is 0.0390. The molecule has 0 aromatic carbocycles. The lowest BCUT2D eigenvalue weighted by Crippen LogP contribution is -2.47. The summed E-state index contributed by atoms with van der Waals surface area (Å²) in [7, 11) is 1.89. The monoisotopic (exact) mass is 274 g/mol. The lowest BCUT2D eigenvalue weighted by molar-refractivity contribution is -0.276. The zero-order chi connectivity index (χ0) is 14.9. The summed E-state index contributed by atoms with van der Waals surface area (Å²) in [6, 6.07) is 0. The van der Waals surface area contributed by atoms with E-state index >= 15 is 0 Å². The van der Waals surface area contributed by atoms with Gasteiger partial charge in [0.15, 0.2) is 5.79 Å². The van der Waals surface area contributed by atoms with E-state index in [-0.39, 0.29) is 11.3 Å². The molecular weight excluding hydrogens is 244 g/mol. The Labute approximate surface area is 117 Å². The van der Waals surface area contributed by atoms with Crippen LogP contribution >= 0.6 is 0 Å². The van der Waals surface area contributed by atoms with E-state index in [2.05, 4.69) is 31.4 Å². The van der Waals surface area contributed by atoms with Crippen molar-refractivity contribution in [1.29, 1.82) is 0 Å². The largest absolute Gasteiger partial charge is 0.354 e. The molecular formula is C14H30N2O3. The second-order valence-electron chi connectivity index (χ2n) is 5.70. The van der Waals surface area contributed by atoms with E-state index < -0.39 is 5.79 Å². The second-order valence-corrected chi connectivity index (χ2v) is 5.70. The molecule has 1 unspecified atom stereocenters. The van der Waals surface area contributed by atoms with Gasteiger partial charge in [-0.15, -0.1) is 0 Å². The van der Waals surface area contributed by atoms with Crippen molar-refractivity contribution in [2.75, 3.05) is 33.4 Å². The highest BCUT2D eigenvalue weighted by atomic mass is 16.7. The van der Waals surface area contributed by atoms with Crippen LogP contribution in [0.5, 0.6) is 0 Å². The molecule has 1 amide bonds. The van der Waals surface area contributed by atoms with E-state index in [1.54, 1.807) is 0 Å². The van der Waals surface area contributed by atoms with Gasteiger partial charge < -0.3 is 20.1 Å². The van der Waals surface area contributed by atoms with Crippen LogP contribution in [0.4, 0.5) is 0 Å². The molecule has 0 saturated carbocycles. The van der Waals surface area contributed by atoms with Crippen molar-refractivity contribution in [1.82, 2.24) is 10.6 Å². The summed E-state index contributed by atoms with van der Waals surface area (Å²) in [6.45, 7) is 12.3. The molecule has 0 fully saturated rings. The molecule has 0 bridgehead atoms. The predicted molar refractivity (Wildman–Crippen MR) is 77.0 cm³/mol. The molecule has 1 atom stereocenters. The van der Waals surface area contributed by atoms with Crippen LogP contribution in [0.25, 0.3) is 0 Å². The van der Waals surface area contributed by atoms with Crippen molar-refractivity contribution >= 4 is 5.91 Å². The molecule has 19 heavy (non-hydrogen) atoms. The van der Waals surface area contributed by atoms with Crippen LogP contribution in [0, 0.1) is 5.41 Å². The molecule has 5 heteroatoms. The maximum absolute atomic E-state index is 11.1. The topological polar surface area (TPSA) is 59.6 Å². The molecule has 0 aliphatic heterocycles. The molecule has 0 saturated heterocycles. The lowest BCUT2D eigenvalue weighted by atomic mass is 9.86. The van der Waals surface area contributed by atoms with Crippen LogP contribution in [-0.4, -0.2) is 45.0 Å². The Hall–Kier alpha value is -0.650. The number of carbonyl (C=O) groups is 1. The van der Waals surface area contributed by atoms with Crippen molar-refractivity contribution < 1.29 is 14.3 Å². The highest BCUT2D eigenvalue weighted by Crippen LogP contribution is 2.34. The van der Waals surface area contributed by atoms with Gasteiger partial charge in [0.25, 0.3) is 0 Å². The second kappa shape index (κ2) is 8.51. The van der Waals surface area contributed by atoms with E-state index in [0.717, 1.165) is 6.54 Å². The number of nitrogens with one attached hydrogen (secondary N) is 2. The first kappa shape index (κ1) is 18.4. The van der Waals surface area contributed by atoms with Gasteiger partial charge in [-0.25, -0.2) is 0 Å². The van der Waals surface area contributed by atoms with Crippen molar-refractivity contribution in [2.45, 2.75) is 46.8 Å². The molecule has 0 spiro atoms. The minimum Gasteiger partial charge on any atom is -0.354 e. The Morgan fingerprint density at radius 3 is 2.00 bits per heavy atom. The highest BCUT2D eigenvalue weighted by Gasteiger charge is 2.39. The molecule has 5 nitrogen and oxygen atoms in total. The standard InChI is InChI=1S/C14H30N2O3/c1-7-12(17)16-9-11-19-14(5,13(2,3)4)18-10-8-15-6/h15H,7-11H2,1-6H3,(H,16,17). The number of carbonyl (C=O) groups excluding carboxylic acids is 1. The molecule has 0 rings (SSSR count). The van der Waals surface area contributed by atoms with Crippen LogP contribution < -0.4 is 10.6 Å². The van der Waals surface area contributed by atoms with Crippen LogP contribution in [0.1, 0.15) is 41.0 Å². The SMILES string of the molecule is CCC(=O)NCCOC(C)(OCCNC)C(C)(C)C. The smallest absolute Gasteiger partial charge is 0.219 e. The molecule has 0 heterocycles. The van der Waals surface area contributed by atoms with Gasteiger partial charge in [0.05, 0.1) is 13.2 Å². The van der Waals surface area contributed by atoms with Gasteiger partial charge in [0.1, 0.15) is 0 Å². The van der Waals surface area contributed by atoms with Crippen molar-refractivity contribution in [2.24, 2.45) is 5.41 Å². The van der Waals surface area contributed by atoms with Gasteiger partial charge in [-0.3, -0.25) is 4.79 Å². The van der Waals surface area contributed by atoms with Gasteiger partial charge in [0, 0.05) is 24.9 Å². The van der Waals surface area contributed by atoms with Gasteiger partial charge in [-0.1, -0.05) is 27.7 Å². The number of likely N-dealkylation sites (N-methyl/N-ethyl adjacent to an activating group) is 1. The summed E-state index contributed by atoms with van der Waals surface area (Å²) < 4.78 is 11.7. The summed E-state index contributed by atoms with van der Waals surface area (Å²) >= 11 is 0. The summed E-state index contributed by atoms with van der Waals surface area (Å²) in [6.07, 6.45) is 0.495. The van der Waals surface area contributed by atoms with Crippen LogP contribution in [-0.2, 0) is 14.3 Å². The summed E-state index contributed by atoms with van der Waals surface area (Å²) in [5, 5.41) is 5.84. The number of ether oxygens (including phenoxy) is 2. The van der Waals surface area contributed by atoms with Crippen LogP contribution in [0.3, 0.4) is 0 Å². The summed E-state index contributed by atoms with van der Waals surface area (Å²) in [5.74, 6) is -0.627. The minimum atomic E-state index is -0.666. The Morgan fingerprint density at radius 1 is 1.05 bits per heavy atom. The molecule has 0 radical (unpaired) electrons. The van der Waals surface area contributed by atoms with E-state index in [1.807, 2.05) is 20.9 Å². The molecule has 0 aliphatic carbocycles. The van der Waals surface area contributed by atoms with Crippen LogP contribution in [0.2, 0.25) is 0 Å². The number of hydrogen-bond acceptors (Lipinski definition) is 4. The first-order valence-electron chi connectivity index (χ1n) is 6.96. The summed E-state index contributed by atoms with van der Waals surface area (Å²) in [5.41, 5.74) is -0.143. The molecule has 2 N–H and O–H groups in total. The summed E-state index contributed by atoms with van der Waals surface area (Å²) in [4.78, 5) is 11.1. The van der Waals surface area contributed by atoms with Gasteiger partial charge in [-0.05, 0) is 14.0 Å². The van der Waals surface area contributed by atoms with Crippen molar-refractivity contribution in [3.05, 3.63) is 0 Å². The fraction of sp³-hybridized carbons (Fsp3) is 0.929. The quantitative estimate of drug-likeness (QED) is 0.494. The Bertz CT molecular complexity index is 264. The molecule has 0 aromatic heterocycles. The Morgan fingerprint density at radius 2 is 1.58 bits per heavy atom. The molecule has 0 aromatic rings. The third-order valence-corrected chi connectivity index (χ3v) is 3.21. The lowest BCUT2D eigenvalue weighted by Gasteiger charge is -2.41. The number of rotatable bonds is 9. The van der Waals surface area contributed by atoms with Gasteiger partial charge in [0.2, 0.25) is 5.91 Å². The third-order valence-electron chi connectivity index (χ3n) is 3.21. The Kier molecular flexibility index (Phi) is 8.22. The van der Waals surface area contributed by atoms with E-state index in [9.17, 15) is 4.79 Å². The number of hydrogen-bond donors (Lipinski definition) is 2. The van der Waals surface area contributed by atoms with E-state index in [0.29, 0.717) is 26.2 Å². The maximum Gasteiger partial charge on any atom is 0.219 e. The van der Waals surface area contributed by atoms with Gasteiger partial charge >= 0.3 is 0 Å². The maximum atomic E-state index is 11.1. The molecule has 0 aliphatic rings. The average Bonchev–Trinajstić information content (AvgIpc) is 2.33. The van der Waals surface area contributed by atoms with Crippen LogP contribution in [0.15, 0.2) is 0 Å². The van der Waals surface area contributed by atoms with Crippen molar-refractivity contribution in [3.8, 4) is 0 Å². The average molecular weight is 274 g/mol.